The number of ether oxygens (including phenoxy) is 1. The first-order valence-electron chi connectivity index (χ1n) is 8.68. The molecule has 1 unspecified atom stereocenters. The SMILES string of the molecule is CNCC(c1ccc(Br)cc1)C1CCN(C(=O)OC(C)(C)C)CC1. The zero-order valence-corrected chi connectivity index (χ0v) is 16.7. The molecule has 1 fully saturated rings. The standard InChI is InChI=1S/C19H29BrN2O2/c1-19(2,3)24-18(23)22-11-9-15(10-12-22)17(13-21-4)14-5-7-16(20)8-6-14/h5-8,15,17,21H,9-13H2,1-4H3. The van der Waals surface area contributed by atoms with E-state index >= 15 is 0 Å². The molecule has 0 aliphatic carbocycles. The summed E-state index contributed by atoms with van der Waals surface area (Å²) in [5.74, 6) is 1.06. The molecule has 134 valence electrons. The molecular formula is C19H29BrN2O2. The highest BCUT2D eigenvalue weighted by molar-refractivity contribution is 9.10. The van der Waals surface area contributed by atoms with Crippen molar-refractivity contribution in [2.75, 3.05) is 26.7 Å². The molecule has 1 aromatic carbocycles. The number of likely N-dealkylation sites (tertiary alicyclic amines) is 1. The molecule has 24 heavy (non-hydrogen) atoms. The number of amides is 1. The maximum atomic E-state index is 12.2. The molecule has 1 atom stereocenters. The van der Waals surface area contributed by atoms with Gasteiger partial charge in [-0.05, 0) is 70.2 Å². The van der Waals surface area contributed by atoms with Crippen LogP contribution in [0.1, 0.15) is 45.1 Å². The van der Waals surface area contributed by atoms with Crippen molar-refractivity contribution in [2.45, 2.75) is 45.1 Å². The van der Waals surface area contributed by atoms with E-state index in [0.717, 1.165) is 36.9 Å². The van der Waals surface area contributed by atoms with E-state index in [1.165, 1.54) is 5.56 Å². The van der Waals surface area contributed by atoms with Gasteiger partial charge in [0, 0.05) is 24.1 Å². The predicted octanol–water partition coefficient (Wildman–Crippen LogP) is 4.40. The maximum Gasteiger partial charge on any atom is 0.410 e. The van der Waals surface area contributed by atoms with Gasteiger partial charge in [0.1, 0.15) is 5.60 Å². The Kier molecular flexibility index (Phi) is 6.70. The summed E-state index contributed by atoms with van der Waals surface area (Å²) in [4.78, 5) is 14.1. The molecule has 0 saturated carbocycles. The highest BCUT2D eigenvalue weighted by atomic mass is 79.9. The third-order valence-corrected chi connectivity index (χ3v) is 5.01. The number of rotatable bonds is 4. The number of benzene rings is 1. The number of halogens is 1. The summed E-state index contributed by atoms with van der Waals surface area (Å²) in [5.41, 5.74) is 0.934. The molecule has 1 aliphatic heterocycles. The van der Waals surface area contributed by atoms with Crippen LogP contribution in [0.25, 0.3) is 0 Å². The molecule has 1 saturated heterocycles. The van der Waals surface area contributed by atoms with Crippen LogP contribution in [-0.2, 0) is 4.74 Å². The second-order valence-electron chi connectivity index (χ2n) is 7.52. The minimum atomic E-state index is -0.431. The summed E-state index contributed by atoms with van der Waals surface area (Å²) in [6.07, 6.45) is 1.85. The fourth-order valence-corrected chi connectivity index (χ4v) is 3.56. The summed E-state index contributed by atoms with van der Waals surface area (Å²) in [6.45, 7) is 8.24. The van der Waals surface area contributed by atoms with Crippen molar-refractivity contribution < 1.29 is 9.53 Å². The van der Waals surface area contributed by atoms with Crippen LogP contribution >= 0.6 is 15.9 Å². The second kappa shape index (κ2) is 8.34. The Balaban J connectivity index is 1.98. The van der Waals surface area contributed by atoms with Crippen LogP contribution in [0.3, 0.4) is 0 Å². The quantitative estimate of drug-likeness (QED) is 0.819. The lowest BCUT2D eigenvalue weighted by Crippen LogP contribution is -2.43. The first-order valence-corrected chi connectivity index (χ1v) is 9.47. The van der Waals surface area contributed by atoms with Gasteiger partial charge in [-0.1, -0.05) is 28.1 Å². The first-order chi connectivity index (χ1) is 11.3. The number of nitrogens with zero attached hydrogens (tertiary/aromatic N) is 1. The summed E-state index contributed by atoms with van der Waals surface area (Å²) < 4.78 is 6.59. The number of hydrogen-bond donors (Lipinski definition) is 1. The number of hydrogen-bond acceptors (Lipinski definition) is 3. The highest BCUT2D eigenvalue weighted by Gasteiger charge is 2.31. The van der Waals surface area contributed by atoms with Crippen LogP contribution in [-0.4, -0.2) is 43.3 Å². The van der Waals surface area contributed by atoms with E-state index in [-0.39, 0.29) is 6.09 Å². The van der Waals surface area contributed by atoms with Gasteiger partial charge in [0.05, 0.1) is 0 Å². The Morgan fingerprint density at radius 1 is 1.29 bits per heavy atom. The van der Waals surface area contributed by atoms with Gasteiger partial charge in [0.25, 0.3) is 0 Å². The molecule has 0 spiro atoms. The van der Waals surface area contributed by atoms with Crippen LogP contribution in [0.2, 0.25) is 0 Å². The molecule has 2 rings (SSSR count). The Bertz CT molecular complexity index is 531. The van der Waals surface area contributed by atoms with Crippen LogP contribution < -0.4 is 5.32 Å². The van der Waals surface area contributed by atoms with Crippen molar-refractivity contribution in [3.8, 4) is 0 Å². The third kappa shape index (κ3) is 5.49. The Hall–Kier alpha value is -1.07. The number of piperidine rings is 1. The molecular weight excluding hydrogens is 368 g/mol. The fraction of sp³-hybridized carbons (Fsp3) is 0.632. The van der Waals surface area contributed by atoms with E-state index in [1.54, 1.807) is 0 Å². The number of likely N-dealkylation sites (N-methyl/N-ethyl adjacent to an activating group) is 1. The molecule has 4 nitrogen and oxygen atoms in total. The van der Waals surface area contributed by atoms with Gasteiger partial charge in [-0.25, -0.2) is 4.79 Å². The molecule has 1 heterocycles. The summed E-state index contributed by atoms with van der Waals surface area (Å²) in [5, 5.41) is 3.33. The van der Waals surface area contributed by atoms with Crippen molar-refractivity contribution >= 4 is 22.0 Å². The lowest BCUT2D eigenvalue weighted by molar-refractivity contribution is 0.0174. The molecule has 1 N–H and O–H groups in total. The Morgan fingerprint density at radius 3 is 2.38 bits per heavy atom. The highest BCUT2D eigenvalue weighted by Crippen LogP contribution is 2.33. The second-order valence-corrected chi connectivity index (χ2v) is 8.44. The monoisotopic (exact) mass is 396 g/mol. The average molecular weight is 397 g/mol. The third-order valence-electron chi connectivity index (χ3n) is 4.48. The molecule has 5 heteroatoms. The smallest absolute Gasteiger partial charge is 0.410 e. The Morgan fingerprint density at radius 2 is 1.88 bits per heavy atom. The zero-order valence-electron chi connectivity index (χ0n) is 15.1. The molecule has 1 aromatic rings. The summed E-state index contributed by atoms with van der Waals surface area (Å²) >= 11 is 3.50. The number of carbonyl (C=O) groups is 1. The summed E-state index contributed by atoms with van der Waals surface area (Å²) in [7, 11) is 2.00. The topological polar surface area (TPSA) is 41.6 Å². The van der Waals surface area contributed by atoms with Crippen molar-refractivity contribution in [3.05, 3.63) is 34.3 Å². The van der Waals surface area contributed by atoms with Crippen molar-refractivity contribution in [2.24, 2.45) is 5.92 Å². The van der Waals surface area contributed by atoms with Gasteiger partial charge in [-0.15, -0.1) is 0 Å². The van der Waals surface area contributed by atoms with Crippen molar-refractivity contribution in [1.82, 2.24) is 10.2 Å². The van der Waals surface area contributed by atoms with Crippen LogP contribution in [0.5, 0.6) is 0 Å². The van der Waals surface area contributed by atoms with Crippen LogP contribution in [0, 0.1) is 5.92 Å². The molecule has 0 bridgehead atoms. The van der Waals surface area contributed by atoms with E-state index in [1.807, 2.05) is 32.7 Å². The van der Waals surface area contributed by atoms with Gasteiger partial charge in [0.2, 0.25) is 0 Å². The van der Waals surface area contributed by atoms with E-state index < -0.39 is 5.60 Å². The van der Waals surface area contributed by atoms with Crippen LogP contribution in [0.4, 0.5) is 4.79 Å². The van der Waals surface area contributed by atoms with Gasteiger partial charge >= 0.3 is 6.09 Å². The van der Waals surface area contributed by atoms with Crippen molar-refractivity contribution in [1.29, 1.82) is 0 Å². The van der Waals surface area contributed by atoms with Crippen LogP contribution in [0.15, 0.2) is 28.7 Å². The Labute approximate surface area is 154 Å². The molecule has 0 aromatic heterocycles. The fourth-order valence-electron chi connectivity index (χ4n) is 3.30. The van der Waals surface area contributed by atoms with E-state index in [4.69, 9.17) is 4.74 Å². The number of carbonyl (C=O) groups excluding carboxylic acids is 1. The predicted molar refractivity (Wildman–Crippen MR) is 101 cm³/mol. The van der Waals surface area contributed by atoms with Crippen molar-refractivity contribution in [3.63, 3.8) is 0 Å². The van der Waals surface area contributed by atoms with Gasteiger partial charge in [-0.2, -0.15) is 0 Å². The molecule has 1 amide bonds. The van der Waals surface area contributed by atoms with E-state index in [0.29, 0.717) is 11.8 Å². The molecule has 1 aliphatic rings. The van der Waals surface area contributed by atoms with Gasteiger partial charge in [-0.3, -0.25) is 0 Å². The van der Waals surface area contributed by atoms with Gasteiger partial charge in [0.15, 0.2) is 0 Å². The number of nitrogens with one attached hydrogen (secondary N) is 1. The van der Waals surface area contributed by atoms with E-state index in [9.17, 15) is 4.79 Å². The summed E-state index contributed by atoms with van der Waals surface area (Å²) in [6, 6.07) is 8.61. The minimum Gasteiger partial charge on any atom is -0.444 e. The lowest BCUT2D eigenvalue weighted by Gasteiger charge is -2.37. The normalized spacial score (nSPS) is 17.6. The maximum absolute atomic E-state index is 12.2. The average Bonchev–Trinajstić information content (AvgIpc) is 2.52. The molecule has 0 radical (unpaired) electrons. The largest absolute Gasteiger partial charge is 0.444 e. The first kappa shape index (κ1) is 19.3. The van der Waals surface area contributed by atoms with E-state index in [2.05, 4.69) is 45.5 Å². The zero-order chi connectivity index (χ0) is 17.7. The minimum absolute atomic E-state index is 0.185. The van der Waals surface area contributed by atoms with Gasteiger partial charge < -0.3 is 15.0 Å². The lowest BCUT2D eigenvalue weighted by atomic mass is 9.80.